The predicted octanol–water partition coefficient (Wildman–Crippen LogP) is 4.69. The van der Waals surface area contributed by atoms with Gasteiger partial charge in [-0.3, -0.25) is 9.59 Å². The molecule has 25 heavy (non-hydrogen) atoms. The lowest BCUT2D eigenvalue weighted by Gasteiger charge is -2.55. The molecule has 4 bridgehead atoms. The number of esters is 1. The van der Waals surface area contributed by atoms with Gasteiger partial charge < -0.3 is 10.1 Å². The minimum Gasteiger partial charge on any atom is -0.455 e. The van der Waals surface area contributed by atoms with Crippen LogP contribution in [0.1, 0.15) is 38.5 Å². The van der Waals surface area contributed by atoms with Gasteiger partial charge in [-0.1, -0.05) is 29.3 Å². The fourth-order valence-corrected chi connectivity index (χ4v) is 5.93. The molecule has 5 rings (SSSR count). The van der Waals surface area contributed by atoms with Crippen molar-refractivity contribution in [3.05, 3.63) is 28.2 Å². The number of benzene rings is 1. The van der Waals surface area contributed by atoms with E-state index in [2.05, 4.69) is 5.32 Å². The molecular weight excluding hydrogens is 361 g/mol. The molecule has 0 heterocycles. The van der Waals surface area contributed by atoms with Crippen molar-refractivity contribution >= 4 is 40.8 Å². The van der Waals surface area contributed by atoms with Gasteiger partial charge in [0, 0.05) is 0 Å². The molecule has 0 aliphatic heterocycles. The zero-order chi connectivity index (χ0) is 17.6. The van der Waals surface area contributed by atoms with Crippen molar-refractivity contribution < 1.29 is 14.3 Å². The largest absolute Gasteiger partial charge is 0.455 e. The summed E-state index contributed by atoms with van der Waals surface area (Å²) in [4.78, 5) is 24.9. The van der Waals surface area contributed by atoms with Crippen molar-refractivity contribution in [3.63, 3.8) is 0 Å². The van der Waals surface area contributed by atoms with E-state index in [1.54, 1.807) is 18.2 Å². The number of rotatable bonds is 4. The topological polar surface area (TPSA) is 55.4 Å². The van der Waals surface area contributed by atoms with Crippen molar-refractivity contribution in [2.75, 3.05) is 11.9 Å². The Morgan fingerprint density at radius 2 is 1.56 bits per heavy atom. The summed E-state index contributed by atoms with van der Waals surface area (Å²) in [5.41, 5.74) is -0.00135. The second-order valence-electron chi connectivity index (χ2n) is 7.92. The normalized spacial score (nSPS) is 32.5. The molecule has 1 aromatic carbocycles. The Bertz CT molecular complexity index is 663. The Morgan fingerprint density at radius 1 is 1.04 bits per heavy atom. The van der Waals surface area contributed by atoms with E-state index in [1.807, 2.05) is 0 Å². The Labute approximate surface area is 157 Å². The predicted molar refractivity (Wildman–Crippen MR) is 96.7 cm³/mol. The Hall–Kier alpha value is -1.26. The molecule has 4 fully saturated rings. The summed E-state index contributed by atoms with van der Waals surface area (Å²) in [7, 11) is 0. The number of hydrogen-bond donors (Lipinski definition) is 1. The summed E-state index contributed by atoms with van der Waals surface area (Å²) in [6, 6.07) is 4.99. The van der Waals surface area contributed by atoms with Crippen molar-refractivity contribution in [1.82, 2.24) is 0 Å². The van der Waals surface area contributed by atoms with Crippen LogP contribution in [-0.4, -0.2) is 18.5 Å². The van der Waals surface area contributed by atoms with Gasteiger partial charge in [0.15, 0.2) is 6.61 Å². The molecule has 0 radical (unpaired) electrons. The number of carbonyl (C=O) groups is 2. The zero-order valence-corrected chi connectivity index (χ0v) is 15.4. The fraction of sp³-hybridized carbons (Fsp3) is 0.579. The van der Waals surface area contributed by atoms with Crippen molar-refractivity contribution in [2.24, 2.45) is 23.2 Å². The molecule has 0 unspecified atom stereocenters. The van der Waals surface area contributed by atoms with Gasteiger partial charge >= 0.3 is 5.97 Å². The smallest absolute Gasteiger partial charge is 0.312 e. The third-order valence-electron chi connectivity index (χ3n) is 6.03. The SMILES string of the molecule is O=C(COC(=O)C12CC3CC(CC(C3)C1)C2)Nc1c(Cl)cccc1Cl. The molecule has 0 aromatic heterocycles. The number of amides is 1. The van der Waals surface area contributed by atoms with E-state index in [1.165, 1.54) is 19.3 Å². The average Bonchev–Trinajstić information content (AvgIpc) is 2.55. The molecule has 1 amide bonds. The molecule has 6 heteroatoms. The lowest BCUT2D eigenvalue weighted by molar-refractivity contribution is -0.172. The van der Waals surface area contributed by atoms with Crippen LogP contribution in [0.5, 0.6) is 0 Å². The van der Waals surface area contributed by atoms with Crippen LogP contribution in [0.4, 0.5) is 5.69 Å². The average molecular weight is 382 g/mol. The van der Waals surface area contributed by atoms with Crippen LogP contribution >= 0.6 is 23.2 Å². The molecule has 4 aliphatic carbocycles. The lowest BCUT2D eigenvalue weighted by Crippen LogP contribution is -2.50. The van der Waals surface area contributed by atoms with E-state index >= 15 is 0 Å². The summed E-state index contributed by atoms with van der Waals surface area (Å²) < 4.78 is 5.40. The van der Waals surface area contributed by atoms with E-state index in [9.17, 15) is 9.59 Å². The second kappa shape index (κ2) is 6.48. The minimum absolute atomic E-state index is 0.202. The van der Waals surface area contributed by atoms with Gasteiger partial charge in [-0.2, -0.15) is 0 Å². The maximum atomic E-state index is 12.7. The number of carbonyl (C=O) groups excluding carboxylic acids is 2. The van der Waals surface area contributed by atoms with Gasteiger partial charge in [0.2, 0.25) is 0 Å². The van der Waals surface area contributed by atoms with Gasteiger partial charge in [-0.25, -0.2) is 0 Å². The lowest BCUT2D eigenvalue weighted by atomic mass is 9.49. The molecule has 4 saturated carbocycles. The van der Waals surface area contributed by atoms with E-state index in [-0.39, 0.29) is 18.0 Å². The third kappa shape index (κ3) is 3.26. The van der Waals surface area contributed by atoms with Gasteiger partial charge in [0.05, 0.1) is 21.1 Å². The molecular formula is C19H21Cl2NO3. The molecule has 1 aromatic rings. The molecule has 0 saturated heterocycles. The van der Waals surface area contributed by atoms with Crippen molar-refractivity contribution in [3.8, 4) is 0 Å². The summed E-state index contributed by atoms with van der Waals surface area (Å²) in [6.45, 7) is -0.303. The van der Waals surface area contributed by atoms with Gasteiger partial charge in [0.1, 0.15) is 0 Å². The van der Waals surface area contributed by atoms with Crippen molar-refractivity contribution in [2.45, 2.75) is 38.5 Å². The second-order valence-corrected chi connectivity index (χ2v) is 8.73. The molecule has 0 atom stereocenters. The first-order valence-corrected chi connectivity index (χ1v) is 9.62. The molecule has 4 aliphatic rings. The van der Waals surface area contributed by atoms with E-state index in [0.717, 1.165) is 19.3 Å². The van der Waals surface area contributed by atoms with Gasteiger partial charge in [-0.15, -0.1) is 0 Å². The van der Waals surface area contributed by atoms with Crippen LogP contribution in [0.3, 0.4) is 0 Å². The maximum absolute atomic E-state index is 12.7. The third-order valence-corrected chi connectivity index (χ3v) is 6.66. The monoisotopic (exact) mass is 381 g/mol. The molecule has 134 valence electrons. The maximum Gasteiger partial charge on any atom is 0.312 e. The van der Waals surface area contributed by atoms with E-state index in [0.29, 0.717) is 33.5 Å². The van der Waals surface area contributed by atoms with E-state index in [4.69, 9.17) is 27.9 Å². The highest BCUT2D eigenvalue weighted by Gasteiger charge is 2.55. The standard InChI is InChI=1S/C19H21Cl2NO3/c20-14-2-1-3-15(21)17(14)22-16(23)10-25-18(24)19-7-11-4-12(8-19)6-13(5-11)9-19/h1-3,11-13H,4-10H2,(H,22,23). The highest BCUT2D eigenvalue weighted by Crippen LogP contribution is 2.60. The first kappa shape index (κ1) is 17.2. The number of ether oxygens (including phenoxy) is 1. The van der Waals surface area contributed by atoms with E-state index < -0.39 is 5.91 Å². The summed E-state index contributed by atoms with van der Waals surface area (Å²) in [5, 5.41) is 3.34. The molecule has 0 spiro atoms. The quantitative estimate of drug-likeness (QED) is 0.769. The van der Waals surface area contributed by atoms with Crippen LogP contribution in [0.2, 0.25) is 10.0 Å². The van der Waals surface area contributed by atoms with Crippen LogP contribution in [-0.2, 0) is 14.3 Å². The number of para-hydroxylation sites is 1. The number of anilines is 1. The van der Waals surface area contributed by atoms with Gasteiger partial charge in [0.25, 0.3) is 5.91 Å². The first-order valence-electron chi connectivity index (χ1n) is 8.86. The van der Waals surface area contributed by atoms with Crippen LogP contribution in [0.15, 0.2) is 18.2 Å². The Morgan fingerprint density at radius 3 is 2.08 bits per heavy atom. The van der Waals surface area contributed by atoms with Gasteiger partial charge in [-0.05, 0) is 68.4 Å². The molecule has 4 nitrogen and oxygen atoms in total. The number of nitrogens with one attached hydrogen (secondary N) is 1. The highest BCUT2D eigenvalue weighted by atomic mass is 35.5. The highest BCUT2D eigenvalue weighted by molar-refractivity contribution is 6.39. The van der Waals surface area contributed by atoms with Crippen LogP contribution < -0.4 is 5.32 Å². The summed E-state index contributed by atoms with van der Waals surface area (Å²) in [6.07, 6.45) is 6.56. The summed E-state index contributed by atoms with van der Waals surface area (Å²) >= 11 is 12.1. The fourth-order valence-electron chi connectivity index (χ4n) is 5.44. The van der Waals surface area contributed by atoms with Crippen LogP contribution in [0.25, 0.3) is 0 Å². The molecule has 1 N–H and O–H groups in total. The van der Waals surface area contributed by atoms with Crippen molar-refractivity contribution in [1.29, 1.82) is 0 Å². The zero-order valence-electron chi connectivity index (χ0n) is 13.9. The Kier molecular flexibility index (Phi) is 4.45. The summed E-state index contributed by atoms with van der Waals surface area (Å²) in [5.74, 6) is 1.36. The number of hydrogen-bond acceptors (Lipinski definition) is 3. The number of halogens is 2. The first-order chi connectivity index (χ1) is 11.9. The Balaban J connectivity index is 1.37. The van der Waals surface area contributed by atoms with Crippen LogP contribution in [0, 0.1) is 23.2 Å². The minimum atomic E-state index is -0.423.